The Morgan fingerprint density at radius 1 is 1.57 bits per heavy atom. The summed E-state index contributed by atoms with van der Waals surface area (Å²) in [5, 5.41) is 10.2. The third kappa shape index (κ3) is 1.15. The van der Waals surface area contributed by atoms with Crippen molar-refractivity contribution >= 4 is 22.6 Å². The second-order valence-electron chi connectivity index (χ2n) is 3.08. The topological polar surface area (TPSA) is 66.3 Å². The van der Waals surface area contributed by atoms with Crippen LogP contribution >= 0.6 is 11.5 Å². The molecule has 74 valence electrons. The molecule has 0 aliphatic carbocycles. The maximum Gasteiger partial charge on any atom is 0.258 e. The van der Waals surface area contributed by atoms with Crippen molar-refractivity contribution in [3.8, 4) is 0 Å². The van der Waals surface area contributed by atoms with E-state index in [0.717, 1.165) is 11.5 Å². The van der Waals surface area contributed by atoms with E-state index in [4.69, 9.17) is 0 Å². The predicted octanol–water partition coefficient (Wildman–Crippen LogP) is 0.539. The van der Waals surface area contributed by atoms with Gasteiger partial charge >= 0.3 is 0 Å². The van der Waals surface area contributed by atoms with Gasteiger partial charge in [-0.3, -0.25) is 9.69 Å². The van der Waals surface area contributed by atoms with E-state index in [1.165, 1.54) is 11.2 Å². The first-order chi connectivity index (χ1) is 6.63. The van der Waals surface area contributed by atoms with Gasteiger partial charge in [-0.15, -0.1) is 0 Å². The lowest BCUT2D eigenvalue weighted by molar-refractivity contribution is -0.115. The molecule has 0 saturated heterocycles. The summed E-state index contributed by atoms with van der Waals surface area (Å²) in [6.45, 7) is 3.43. The Bertz CT molecular complexity index is 399. The van der Waals surface area contributed by atoms with Crippen LogP contribution in [-0.4, -0.2) is 26.6 Å². The molecule has 1 aromatic heterocycles. The Morgan fingerprint density at radius 2 is 2.29 bits per heavy atom. The summed E-state index contributed by atoms with van der Waals surface area (Å²) < 4.78 is 3.79. The van der Waals surface area contributed by atoms with Crippen LogP contribution in [0, 0.1) is 0 Å². The van der Waals surface area contributed by atoms with Gasteiger partial charge in [0.2, 0.25) is 5.13 Å². The molecule has 0 fully saturated rings. The largest absolute Gasteiger partial charge is 0.369 e. The highest BCUT2D eigenvalue weighted by Gasteiger charge is 2.36. The van der Waals surface area contributed by atoms with Gasteiger partial charge in [0, 0.05) is 17.1 Å². The standard InChI is InChI=1S/C8H9N3O2S/c1-4-5(2)7(13)11(6(4)12)8-9-3-10-14-8/h3,6,12H,1-2H3. The molecule has 14 heavy (non-hydrogen) atoms. The van der Waals surface area contributed by atoms with Crippen molar-refractivity contribution in [1.82, 2.24) is 9.36 Å². The van der Waals surface area contributed by atoms with E-state index < -0.39 is 6.23 Å². The van der Waals surface area contributed by atoms with Gasteiger partial charge in [-0.25, -0.2) is 4.98 Å². The van der Waals surface area contributed by atoms with Crippen molar-refractivity contribution in [2.75, 3.05) is 4.90 Å². The molecule has 1 N–H and O–H groups in total. The Hall–Kier alpha value is -1.27. The maximum absolute atomic E-state index is 11.7. The summed E-state index contributed by atoms with van der Waals surface area (Å²) in [4.78, 5) is 16.8. The summed E-state index contributed by atoms with van der Waals surface area (Å²) in [6.07, 6.45) is 0.471. The number of nitrogens with zero attached hydrogens (tertiary/aromatic N) is 3. The van der Waals surface area contributed by atoms with Gasteiger partial charge in [0.1, 0.15) is 6.33 Å². The molecule has 5 nitrogen and oxygen atoms in total. The number of amides is 1. The van der Waals surface area contributed by atoms with Gasteiger partial charge in [0.15, 0.2) is 6.23 Å². The first kappa shape index (κ1) is 9.29. The fourth-order valence-electron chi connectivity index (χ4n) is 1.31. The molecule has 0 bridgehead atoms. The fourth-order valence-corrected chi connectivity index (χ4v) is 1.87. The first-order valence-electron chi connectivity index (χ1n) is 4.08. The second-order valence-corrected chi connectivity index (χ2v) is 3.84. The zero-order chi connectivity index (χ0) is 10.3. The zero-order valence-electron chi connectivity index (χ0n) is 7.76. The minimum atomic E-state index is -0.893. The molecular weight excluding hydrogens is 202 g/mol. The number of aliphatic hydroxyl groups excluding tert-OH is 1. The number of aromatic nitrogens is 2. The Labute approximate surface area is 84.9 Å². The summed E-state index contributed by atoms with van der Waals surface area (Å²) >= 11 is 1.09. The van der Waals surface area contributed by atoms with Gasteiger partial charge in [0.05, 0.1) is 0 Å². The quantitative estimate of drug-likeness (QED) is 0.736. The molecule has 0 radical (unpaired) electrons. The van der Waals surface area contributed by atoms with Crippen LogP contribution in [0.1, 0.15) is 13.8 Å². The Morgan fingerprint density at radius 3 is 2.71 bits per heavy atom. The lowest BCUT2D eigenvalue weighted by atomic mass is 10.2. The van der Waals surface area contributed by atoms with Crippen LogP contribution in [-0.2, 0) is 4.79 Å². The van der Waals surface area contributed by atoms with Crippen LogP contribution in [0.5, 0.6) is 0 Å². The average molecular weight is 211 g/mol. The van der Waals surface area contributed by atoms with Crippen LogP contribution < -0.4 is 4.90 Å². The molecule has 2 heterocycles. The molecule has 1 aliphatic rings. The highest BCUT2D eigenvalue weighted by molar-refractivity contribution is 7.09. The number of carbonyl (C=O) groups is 1. The van der Waals surface area contributed by atoms with Crippen molar-refractivity contribution in [1.29, 1.82) is 0 Å². The SMILES string of the molecule is CC1=C(C)C(O)N(c2ncns2)C1=O. The Balaban J connectivity index is 2.39. The molecule has 0 spiro atoms. The van der Waals surface area contributed by atoms with Crippen LogP contribution in [0.3, 0.4) is 0 Å². The fraction of sp³-hybridized carbons (Fsp3) is 0.375. The van der Waals surface area contributed by atoms with Crippen molar-refractivity contribution in [3.05, 3.63) is 17.5 Å². The number of aliphatic hydroxyl groups is 1. The summed E-state index contributed by atoms with van der Waals surface area (Å²) in [5.41, 5.74) is 1.25. The normalized spacial score (nSPS) is 22.4. The lowest BCUT2D eigenvalue weighted by Gasteiger charge is -2.17. The molecule has 1 aromatic rings. The van der Waals surface area contributed by atoms with Crippen molar-refractivity contribution in [2.45, 2.75) is 20.1 Å². The summed E-state index contributed by atoms with van der Waals surface area (Å²) in [6, 6.07) is 0. The van der Waals surface area contributed by atoms with E-state index in [9.17, 15) is 9.90 Å². The molecule has 0 aromatic carbocycles. The minimum absolute atomic E-state index is 0.202. The lowest BCUT2D eigenvalue weighted by Crippen LogP contribution is -2.35. The number of rotatable bonds is 1. The van der Waals surface area contributed by atoms with E-state index in [1.807, 2.05) is 0 Å². The van der Waals surface area contributed by atoms with Gasteiger partial charge in [-0.1, -0.05) is 0 Å². The minimum Gasteiger partial charge on any atom is -0.369 e. The number of hydrogen-bond donors (Lipinski definition) is 1. The van der Waals surface area contributed by atoms with Crippen molar-refractivity contribution in [3.63, 3.8) is 0 Å². The highest BCUT2D eigenvalue weighted by atomic mass is 32.1. The van der Waals surface area contributed by atoms with Gasteiger partial charge in [-0.2, -0.15) is 4.37 Å². The van der Waals surface area contributed by atoms with E-state index in [1.54, 1.807) is 13.8 Å². The number of anilines is 1. The molecule has 1 atom stereocenters. The van der Waals surface area contributed by atoms with Crippen LogP contribution in [0.4, 0.5) is 5.13 Å². The third-order valence-corrected chi connectivity index (χ3v) is 2.98. The molecule has 2 rings (SSSR count). The maximum atomic E-state index is 11.7. The summed E-state index contributed by atoms with van der Waals surface area (Å²) in [7, 11) is 0. The van der Waals surface area contributed by atoms with E-state index in [0.29, 0.717) is 16.3 Å². The number of hydrogen-bond acceptors (Lipinski definition) is 5. The Kier molecular flexibility index (Phi) is 2.09. The number of carbonyl (C=O) groups excluding carboxylic acids is 1. The average Bonchev–Trinajstić information content (AvgIpc) is 2.73. The van der Waals surface area contributed by atoms with E-state index >= 15 is 0 Å². The van der Waals surface area contributed by atoms with E-state index in [2.05, 4.69) is 9.36 Å². The van der Waals surface area contributed by atoms with Crippen LogP contribution in [0.25, 0.3) is 0 Å². The van der Waals surface area contributed by atoms with E-state index in [-0.39, 0.29) is 5.91 Å². The highest BCUT2D eigenvalue weighted by Crippen LogP contribution is 2.29. The smallest absolute Gasteiger partial charge is 0.258 e. The van der Waals surface area contributed by atoms with Crippen molar-refractivity contribution in [2.24, 2.45) is 0 Å². The third-order valence-electron chi connectivity index (χ3n) is 2.32. The molecular formula is C8H9N3O2S. The summed E-state index contributed by atoms with van der Waals surface area (Å²) in [5.74, 6) is -0.202. The van der Waals surface area contributed by atoms with Gasteiger partial charge in [-0.05, 0) is 19.4 Å². The van der Waals surface area contributed by atoms with Crippen LogP contribution in [0.2, 0.25) is 0 Å². The van der Waals surface area contributed by atoms with Gasteiger partial charge < -0.3 is 5.11 Å². The molecule has 6 heteroatoms. The molecule has 1 amide bonds. The van der Waals surface area contributed by atoms with Gasteiger partial charge in [0.25, 0.3) is 5.91 Å². The monoisotopic (exact) mass is 211 g/mol. The predicted molar refractivity (Wildman–Crippen MR) is 51.8 cm³/mol. The molecule has 1 aliphatic heterocycles. The zero-order valence-corrected chi connectivity index (χ0v) is 8.58. The second kappa shape index (κ2) is 3.14. The van der Waals surface area contributed by atoms with Crippen molar-refractivity contribution < 1.29 is 9.90 Å². The first-order valence-corrected chi connectivity index (χ1v) is 4.86. The molecule has 1 unspecified atom stereocenters. The van der Waals surface area contributed by atoms with Crippen LogP contribution in [0.15, 0.2) is 17.5 Å². The molecule has 0 saturated carbocycles.